The number of hydrogen-bond acceptors (Lipinski definition) is 3. The smallest absolute Gasteiger partial charge is 0.137 e. The second-order valence-electron chi connectivity index (χ2n) is 6.05. The summed E-state index contributed by atoms with van der Waals surface area (Å²) < 4.78 is 0. The Morgan fingerprint density at radius 2 is 1.83 bits per heavy atom. The highest BCUT2D eigenvalue weighted by Gasteiger charge is 2.18. The monoisotopic (exact) mass is 269 g/mol. The van der Waals surface area contributed by atoms with Gasteiger partial charge in [-0.2, -0.15) is 0 Å². The van der Waals surface area contributed by atoms with E-state index in [0.29, 0.717) is 5.15 Å². The molecule has 3 nitrogen and oxygen atoms in total. The van der Waals surface area contributed by atoms with Crippen LogP contribution in [0.15, 0.2) is 0 Å². The minimum absolute atomic E-state index is 0.226. The standard InChI is InChI=1S/C14H24ClN3/c1-7-8-11-16-12(15)10(2)13(17-11)18(6)9-14(3,4)5/h7-9H2,1-6H3. The summed E-state index contributed by atoms with van der Waals surface area (Å²) in [6.45, 7) is 11.7. The van der Waals surface area contributed by atoms with Crippen LogP contribution in [0.3, 0.4) is 0 Å². The van der Waals surface area contributed by atoms with Crippen molar-refractivity contribution in [3.05, 3.63) is 16.5 Å². The summed E-state index contributed by atoms with van der Waals surface area (Å²) in [5.74, 6) is 1.79. The molecule has 0 unspecified atom stereocenters. The summed E-state index contributed by atoms with van der Waals surface area (Å²) in [6.07, 6.45) is 1.90. The quantitative estimate of drug-likeness (QED) is 0.777. The van der Waals surface area contributed by atoms with Gasteiger partial charge in [0.2, 0.25) is 0 Å². The minimum Gasteiger partial charge on any atom is -0.359 e. The maximum absolute atomic E-state index is 6.19. The molecule has 4 heteroatoms. The van der Waals surface area contributed by atoms with Gasteiger partial charge in [-0.3, -0.25) is 0 Å². The molecular formula is C14H24ClN3. The molecule has 0 aliphatic heterocycles. The third-order valence-corrected chi connectivity index (χ3v) is 3.02. The summed E-state index contributed by atoms with van der Waals surface area (Å²) in [6, 6.07) is 0. The van der Waals surface area contributed by atoms with E-state index < -0.39 is 0 Å². The van der Waals surface area contributed by atoms with Crippen molar-refractivity contribution >= 4 is 17.4 Å². The Labute approximate surface area is 116 Å². The van der Waals surface area contributed by atoms with Gasteiger partial charge in [0.25, 0.3) is 0 Å². The zero-order valence-electron chi connectivity index (χ0n) is 12.3. The lowest BCUT2D eigenvalue weighted by atomic mass is 9.96. The maximum atomic E-state index is 6.19. The van der Waals surface area contributed by atoms with E-state index in [-0.39, 0.29) is 5.41 Å². The molecule has 0 N–H and O–H groups in total. The zero-order chi connectivity index (χ0) is 13.9. The average molecular weight is 270 g/mol. The molecule has 0 atom stereocenters. The van der Waals surface area contributed by atoms with E-state index in [2.05, 4.69) is 49.6 Å². The predicted octanol–water partition coefficient (Wildman–Crippen LogP) is 3.87. The molecule has 102 valence electrons. The van der Waals surface area contributed by atoms with Crippen LogP contribution in [0, 0.1) is 12.3 Å². The van der Waals surface area contributed by atoms with Gasteiger partial charge in [0, 0.05) is 25.6 Å². The molecule has 1 heterocycles. The fraction of sp³-hybridized carbons (Fsp3) is 0.714. The van der Waals surface area contributed by atoms with Gasteiger partial charge in [-0.25, -0.2) is 9.97 Å². The Bertz CT molecular complexity index is 410. The second kappa shape index (κ2) is 5.87. The van der Waals surface area contributed by atoms with Gasteiger partial charge in [0.1, 0.15) is 16.8 Å². The molecular weight excluding hydrogens is 246 g/mol. The van der Waals surface area contributed by atoms with E-state index in [4.69, 9.17) is 11.6 Å². The van der Waals surface area contributed by atoms with Crippen LogP contribution in [0.1, 0.15) is 45.5 Å². The Balaban J connectivity index is 3.06. The van der Waals surface area contributed by atoms with E-state index in [9.17, 15) is 0 Å². The molecule has 0 amide bonds. The van der Waals surface area contributed by atoms with Gasteiger partial charge in [-0.15, -0.1) is 0 Å². The van der Waals surface area contributed by atoms with Crippen molar-refractivity contribution in [3.8, 4) is 0 Å². The first-order valence-electron chi connectivity index (χ1n) is 6.48. The highest BCUT2D eigenvalue weighted by Crippen LogP contribution is 2.25. The SMILES string of the molecule is CCCc1nc(Cl)c(C)c(N(C)CC(C)(C)C)n1. The lowest BCUT2D eigenvalue weighted by Crippen LogP contribution is -2.30. The van der Waals surface area contributed by atoms with E-state index in [1.165, 1.54) is 0 Å². The number of aromatic nitrogens is 2. The van der Waals surface area contributed by atoms with E-state index in [0.717, 1.165) is 36.6 Å². The van der Waals surface area contributed by atoms with Crippen molar-refractivity contribution in [1.29, 1.82) is 0 Å². The second-order valence-corrected chi connectivity index (χ2v) is 6.40. The molecule has 0 spiro atoms. The molecule has 18 heavy (non-hydrogen) atoms. The van der Waals surface area contributed by atoms with Crippen LogP contribution in [0.4, 0.5) is 5.82 Å². The summed E-state index contributed by atoms with van der Waals surface area (Å²) in [7, 11) is 2.06. The summed E-state index contributed by atoms with van der Waals surface area (Å²) >= 11 is 6.19. The van der Waals surface area contributed by atoms with Crippen LogP contribution in [-0.2, 0) is 6.42 Å². The first-order chi connectivity index (χ1) is 8.24. The predicted molar refractivity (Wildman–Crippen MR) is 78.5 cm³/mol. The molecule has 0 bridgehead atoms. The van der Waals surface area contributed by atoms with E-state index in [1.54, 1.807) is 0 Å². The number of halogens is 1. The Morgan fingerprint density at radius 3 is 2.33 bits per heavy atom. The highest BCUT2D eigenvalue weighted by atomic mass is 35.5. The molecule has 0 aromatic carbocycles. The number of rotatable bonds is 4. The fourth-order valence-corrected chi connectivity index (χ4v) is 2.20. The van der Waals surface area contributed by atoms with Gasteiger partial charge in [0.05, 0.1) is 0 Å². The molecule has 1 aromatic heterocycles. The summed E-state index contributed by atoms with van der Waals surface area (Å²) in [4.78, 5) is 11.1. The number of nitrogens with zero attached hydrogens (tertiary/aromatic N) is 3. The third-order valence-electron chi connectivity index (χ3n) is 2.65. The van der Waals surface area contributed by atoms with E-state index in [1.807, 2.05) is 6.92 Å². The Hall–Kier alpha value is -0.830. The van der Waals surface area contributed by atoms with Crippen LogP contribution in [-0.4, -0.2) is 23.6 Å². The van der Waals surface area contributed by atoms with Crippen LogP contribution >= 0.6 is 11.6 Å². The van der Waals surface area contributed by atoms with Gasteiger partial charge >= 0.3 is 0 Å². The van der Waals surface area contributed by atoms with Crippen molar-refractivity contribution in [1.82, 2.24) is 9.97 Å². The largest absolute Gasteiger partial charge is 0.359 e. The van der Waals surface area contributed by atoms with Crippen molar-refractivity contribution < 1.29 is 0 Å². The topological polar surface area (TPSA) is 29.0 Å². The van der Waals surface area contributed by atoms with Crippen LogP contribution < -0.4 is 4.90 Å². The zero-order valence-corrected chi connectivity index (χ0v) is 13.1. The van der Waals surface area contributed by atoms with E-state index >= 15 is 0 Å². The van der Waals surface area contributed by atoms with Crippen molar-refractivity contribution in [3.63, 3.8) is 0 Å². The molecule has 0 saturated heterocycles. The van der Waals surface area contributed by atoms with Gasteiger partial charge in [0.15, 0.2) is 0 Å². The lowest BCUT2D eigenvalue weighted by Gasteiger charge is -2.28. The molecule has 0 fully saturated rings. The number of anilines is 1. The normalized spacial score (nSPS) is 11.7. The highest BCUT2D eigenvalue weighted by molar-refractivity contribution is 6.30. The third kappa shape index (κ3) is 4.13. The number of aryl methyl sites for hydroxylation is 1. The molecule has 0 aliphatic carbocycles. The first-order valence-corrected chi connectivity index (χ1v) is 6.86. The van der Waals surface area contributed by atoms with Gasteiger partial charge in [-0.05, 0) is 18.8 Å². The van der Waals surface area contributed by atoms with Crippen molar-refractivity contribution in [2.24, 2.45) is 5.41 Å². The van der Waals surface area contributed by atoms with Gasteiger partial charge < -0.3 is 4.90 Å². The van der Waals surface area contributed by atoms with Crippen LogP contribution in [0.25, 0.3) is 0 Å². The molecule has 0 radical (unpaired) electrons. The van der Waals surface area contributed by atoms with Crippen LogP contribution in [0.2, 0.25) is 5.15 Å². The minimum atomic E-state index is 0.226. The molecule has 1 aromatic rings. The Morgan fingerprint density at radius 1 is 1.22 bits per heavy atom. The van der Waals surface area contributed by atoms with Crippen LogP contribution in [0.5, 0.6) is 0 Å². The Kier molecular flexibility index (Phi) is 4.97. The molecule has 0 saturated carbocycles. The fourth-order valence-electron chi connectivity index (χ4n) is 2.01. The summed E-state index contributed by atoms with van der Waals surface area (Å²) in [5, 5.41) is 0.573. The summed E-state index contributed by atoms with van der Waals surface area (Å²) in [5.41, 5.74) is 1.19. The molecule has 0 aliphatic rings. The maximum Gasteiger partial charge on any atom is 0.137 e. The van der Waals surface area contributed by atoms with Crippen molar-refractivity contribution in [2.45, 2.75) is 47.5 Å². The number of hydrogen-bond donors (Lipinski definition) is 0. The average Bonchev–Trinajstić information content (AvgIpc) is 2.20. The first kappa shape index (κ1) is 15.2. The van der Waals surface area contributed by atoms with Gasteiger partial charge in [-0.1, -0.05) is 39.3 Å². The lowest BCUT2D eigenvalue weighted by molar-refractivity contribution is 0.417. The molecule has 1 rings (SSSR count). The van der Waals surface area contributed by atoms with Crippen molar-refractivity contribution in [2.75, 3.05) is 18.5 Å².